The Bertz CT molecular complexity index is 534. The standard InChI is InChI=1S/C14H16Cl2N2/c1-10(17-2)11-6-7-18(8-11)9-12-4-3-5-13(15)14(12)16/h3-8,10,17H,9H2,1-2H3. The van der Waals surface area contributed by atoms with Crippen LogP contribution in [0.25, 0.3) is 0 Å². The van der Waals surface area contributed by atoms with E-state index in [4.69, 9.17) is 23.2 Å². The number of aromatic nitrogens is 1. The van der Waals surface area contributed by atoms with Gasteiger partial charge in [0.2, 0.25) is 0 Å². The van der Waals surface area contributed by atoms with Gasteiger partial charge in [-0.2, -0.15) is 0 Å². The van der Waals surface area contributed by atoms with Gasteiger partial charge in [0.05, 0.1) is 10.0 Å². The maximum absolute atomic E-state index is 6.18. The van der Waals surface area contributed by atoms with E-state index in [1.54, 1.807) is 6.07 Å². The van der Waals surface area contributed by atoms with Gasteiger partial charge in [0, 0.05) is 25.0 Å². The summed E-state index contributed by atoms with van der Waals surface area (Å²) in [6.45, 7) is 2.86. The summed E-state index contributed by atoms with van der Waals surface area (Å²) in [7, 11) is 1.95. The second kappa shape index (κ2) is 5.79. The van der Waals surface area contributed by atoms with Gasteiger partial charge in [-0.3, -0.25) is 0 Å². The summed E-state index contributed by atoms with van der Waals surface area (Å²) in [6.07, 6.45) is 4.18. The molecule has 1 heterocycles. The number of nitrogens with one attached hydrogen (secondary N) is 1. The van der Waals surface area contributed by atoms with E-state index in [0.29, 0.717) is 16.1 Å². The molecule has 0 aliphatic rings. The number of hydrogen-bond acceptors (Lipinski definition) is 1. The van der Waals surface area contributed by atoms with Crippen molar-refractivity contribution in [2.45, 2.75) is 19.5 Å². The molecule has 1 N–H and O–H groups in total. The van der Waals surface area contributed by atoms with Gasteiger partial charge in [0.1, 0.15) is 0 Å². The Hall–Kier alpha value is -0.960. The van der Waals surface area contributed by atoms with Crippen LogP contribution in [-0.2, 0) is 6.54 Å². The Balaban J connectivity index is 2.19. The highest BCUT2D eigenvalue weighted by molar-refractivity contribution is 6.42. The first-order valence-electron chi connectivity index (χ1n) is 5.87. The molecule has 0 saturated carbocycles. The molecule has 0 aliphatic heterocycles. The van der Waals surface area contributed by atoms with Gasteiger partial charge in [-0.05, 0) is 37.2 Å². The Kier molecular flexibility index (Phi) is 4.33. The summed E-state index contributed by atoms with van der Waals surface area (Å²) in [5.74, 6) is 0. The maximum atomic E-state index is 6.18. The molecule has 0 bridgehead atoms. The Morgan fingerprint density at radius 2 is 2.06 bits per heavy atom. The predicted octanol–water partition coefficient (Wildman–Crippen LogP) is 4.12. The van der Waals surface area contributed by atoms with Crippen molar-refractivity contribution < 1.29 is 0 Å². The molecule has 0 saturated heterocycles. The van der Waals surface area contributed by atoms with Crippen LogP contribution in [0.1, 0.15) is 24.1 Å². The lowest BCUT2D eigenvalue weighted by Gasteiger charge is -2.08. The van der Waals surface area contributed by atoms with E-state index in [0.717, 1.165) is 12.1 Å². The molecule has 1 unspecified atom stereocenters. The van der Waals surface area contributed by atoms with Crippen LogP contribution in [0, 0.1) is 0 Å². The van der Waals surface area contributed by atoms with Crippen LogP contribution in [-0.4, -0.2) is 11.6 Å². The molecule has 96 valence electrons. The van der Waals surface area contributed by atoms with Crippen molar-refractivity contribution in [2.75, 3.05) is 7.05 Å². The summed E-state index contributed by atoms with van der Waals surface area (Å²) in [4.78, 5) is 0. The highest BCUT2D eigenvalue weighted by atomic mass is 35.5. The van der Waals surface area contributed by atoms with E-state index in [2.05, 4.69) is 35.3 Å². The van der Waals surface area contributed by atoms with Crippen molar-refractivity contribution in [1.29, 1.82) is 0 Å². The number of halogens is 2. The third-order valence-corrected chi connectivity index (χ3v) is 3.95. The van der Waals surface area contributed by atoms with Gasteiger partial charge in [0.25, 0.3) is 0 Å². The first-order valence-corrected chi connectivity index (χ1v) is 6.63. The summed E-state index contributed by atoms with van der Waals surface area (Å²) < 4.78 is 2.11. The summed E-state index contributed by atoms with van der Waals surface area (Å²) in [5.41, 5.74) is 2.29. The van der Waals surface area contributed by atoms with E-state index in [9.17, 15) is 0 Å². The average Bonchev–Trinajstić information content (AvgIpc) is 2.82. The molecule has 1 aromatic carbocycles. The minimum absolute atomic E-state index is 0.348. The van der Waals surface area contributed by atoms with E-state index >= 15 is 0 Å². The average molecular weight is 283 g/mol. The molecular formula is C14H16Cl2N2. The molecule has 0 radical (unpaired) electrons. The van der Waals surface area contributed by atoms with Crippen LogP contribution >= 0.6 is 23.2 Å². The molecule has 1 aromatic heterocycles. The minimum Gasteiger partial charge on any atom is -0.350 e. The lowest BCUT2D eigenvalue weighted by Crippen LogP contribution is -2.11. The Morgan fingerprint density at radius 3 is 2.78 bits per heavy atom. The highest BCUT2D eigenvalue weighted by Gasteiger charge is 2.07. The van der Waals surface area contributed by atoms with Crippen molar-refractivity contribution in [1.82, 2.24) is 9.88 Å². The van der Waals surface area contributed by atoms with Crippen molar-refractivity contribution in [3.8, 4) is 0 Å². The Morgan fingerprint density at radius 1 is 1.28 bits per heavy atom. The molecule has 2 nitrogen and oxygen atoms in total. The van der Waals surface area contributed by atoms with Crippen LogP contribution in [0.2, 0.25) is 10.0 Å². The summed E-state index contributed by atoms with van der Waals surface area (Å²) in [5, 5.41) is 4.46. The van der Waals surface area contributed by atoms with Crippen LogP contribution in [0.5, 0.6) is 0 Å². The van der Waals surface area contributed by atoms with Gasteiger partial charge in [-0.15, -0.1) is 0 Å². The van der Waals surface area contributed by atoms with Crippen LogP contribution in [0.3, 0.4) is 0 Å². The Labute approximate surface area is 118 Å². The first-order chi connectivity index (χ1) is 8.61. The third kappa shape index (κ3) is 2.89. The lowest BCUT2D eigenvalue weighted by atomic mass is 10.2. The summed E-state index contributed by atoms with van der Waals surface area (Å²) >= 11 is 12.2. The topological polar surface area (TPSA) is 17.0 Å². The quantitative estimate of drug-likeness (QED) is 0.893. The fourth-order valence-corrected chi connectivity index (χ4v) is 2.23. The van der Waals surface area contributed by atoms with E-state index in [1.165, 1.54) is 5.56 Å². The predicted molar refractivity (Wildman–Crippen MR) is 77.5 cm³/mol. The molecule has 2 rings (SSSR count). The summed E-state index contributed by atoms with van der Waals surface area (Å²) in [6, 6.07) is 8.18. The first kappa shape index (κ1) is 13.5. The molecule has 2 aromatic rings. The van der Waals surface area contributed by atoms with E-state index in [-0.39, 0.29) is 0 Å². The van der Waals surface area contributed by atoms with Gasteiger partial charge in [0.15, 0.2) is 0 Å². The molecule has 4 heteroatoms. The highest BCUT2D eigenvalue weighted by Crippen LogP contribution is 2.26. The monoisotopic (exact) mass is 282 g/mol. The van der Waals surface area contributed by atoms with Gasteiger partial charge < -0.3 is 9.88 Å². The molecule has 18 heavy (non-hydrogen) atoms. The second-order valence-corrected chi connectivity index (χ2v) is 5.13. The van der Waals surface area contributed by atoms with Crippen molar-refractivity contribution in [2.24, 2.45) is 0 Å². The number of nitrogens with zero attached hydrogens (tertiary/aromatic N) is 1. The fourth-order valence-electron chi connectivity index (χ4n) is 1.85. The molecule has 0 aliphatic carbocycles. The smallest absolute Gasteiger partial charge is 0.0642 e. The fraction of sp³-hybridized carbons (Fsp3) is 0.286. The molecule has 1 atom stereocenters. The maximum Gasteiger partial charge on any atom is 0.0642 e. The van der Waals surface area contributed by atoms with Crippen molar-refractivity contribution in [3.63, 3.8) is 0 Å². The zero-order valence-electron chi connectivity index (χ0n) is 10.5. The van der Waals surface area contributed by atoms with Gasteiger partial charge in [-0.1, -0.05) is 35.3 Å². The van der Waals surface area contributed by atoms with Crippen molar-refractivity contribution in [3.05, 3.63) is 57.8 Å². The minimum atomic E-state index is 0.348. The third-order valence-electron chi connectivity index (χ3n) is 3.09. The molecule has 0 fully saturated rings. The van der Waals surface area contributed by atoms with Gasteiger partial charge >= 0.3 is 0 Å². The van der Waals surface area contributed by atoms with Crippen LogP contribution < -0.4 is 5.32 Å². The largest absolute Gasteiger partial charge is 0.350 e. The van der Waals surface area contributed by atoms with Crippen LogP contribution in [0.15, 0.2) is 36.7 Å². The second-order valence-electron chi connectivity index (χ2n) is 4.34. The zero-order valence-corrected chi connectivity index (χ0v) is 12.0. The van der Waals surface area contributed by atoms with Gasteiger partial charge in [-0.25, -0.2) is 0 Å². The van der Waals surface area contributed by atoms with Crippen molar-refractivity contribution >= 4 is 23.2 Å². The normalized spacial score (nSPS) is 12.7. The van der Waals surface area contributed by atoms with E-state index in [1.807, 2.05) is 19.2 Å². The number of rotatable bonds is 4. The number of benzene rings is 1. The molecule has 0 amide bonds. The number of hydrogen-bond donors (Lipinski definition) is 1. The lowest BCUT2D eigenvalue weighted by molar-refractivity contribution is 0.649. The van der Waals surface area contributed by atoms with Crippen LogP contribution in [0.4, 0.5) is 0 Å². The SMILES string of the molecule is CNC(C)c1ccn(Cc2cccc(Cl)c2Cl)c1. The molecular weight excluding hydrogens is 267 g/mol. The molecule has 0 spiro atoms. The van der Waals surface area contributed by atoms with E-state index < -0.39 is 0 Å². The zero-order chi connectivity index (χ0) is 13.1.